The summed E-state index contributed by atoms with van der Waals surface area (Å²) >= 11 is 3.52. The molecule has 1 saturated carbocycles. The van der Waals surface area contributed by atoms with Crippen LogP contribution >= 0.6 is 15.9 Å². The average molecular weight is 340 g/mol. The van der Waals surface area contributed by atoms with Gasteiger partial charge < -0.3 is 10.2 Å². The van der Waals surface area contributed by atoms with Crippen LogP contribution in [0.5, 0.6) is 0 Å². The fourth-order valence-electron chi connectivity index (χ4n) is 3.06. The van der Waals surface area contributed by atoms with E-state index in [1.165, 1.54) is 31.2 Å². The molecule has 1 N–H and O–H groups in total. The molecular weight excluding hydrogens is 314 g/mol. The van der Waals surface area contributed by atoms with E-state index in [0.29, 0.717) is 11.5 Å². The van der Waals surface area contributed by atoms with E-state index in [4.69, 9.17) is 0 Å². The van der Waals surface area contributed by atoms with Crippen LogP contribution in [0.25, 0.3) is 0 Å². The number of hydrogen-bond donors (Lipinski definition) is 1. The molecule has 1 heterocycles. The number of anilines is 1. The van der Waals surface area contributed by atoms with Crippen molar-refractivity contribution in [1.82, 2.24) is 10.3 Å². The Morgan fingerprint density at radius 3 is 2.65 bits per heavy atom. The Balaban J connectivity index is 2.14. The van der Waals surface area contributed by atoms with Gasteiger partial charge in [-0.25, -0.2) is 4.98 Å². The van der Waals surface area contributed by atoms with Crippen LogP contribution in [0, 0.1) is 5.41 Å². The second-order valence-corrected chi connectivity index (χ2v) is 7.59. The van der Waals surface area contributed by atoms with Gasteiger partial charge in [-0.15, -0.1) is 0 Å². The van der Waals surface area contributed by atoms with Crippen molar-refractivity contribution in [1.29, 1.82) is 0 Å². The Bertz CT molecular complexity index is 449. The van der Waals surface area contributed by atoms with Gasteiger partial charge in [0, 0.05) is 35.9 Å². The van der Waals surface area contributed by atoms with Gasteiger partial charge in [-0.1, -0.05) is 13.8 Å². The van der Waals surface area contributed by atoms with E-state index >= 15 is 0 Å². The molecule has 1 aromatic heterocycles. The molecule has 0 spiro atoms. The number of pyridine rings is 1. The second-order valence-electron chi connectivity index (χ2n) is 6.67. The molecule has 0 aromatic carbocycles. The SMILES string of the molecule is CNCc1cc(Br)cnc1N(C)C1CCC(C)(C)CC1. The molecule has 0 saturated heterocycles. The Kier molecular flexibility index (Phi) is 5.08. The van der Waals surface area contributed by atoms with E-state index in [1.807, 2.05) is 13.2 Å². The normalized spacial score (nSPS) is 19.1. The molecule has 1 aliphatic rings. The lowest BCUT2D eigenvalue weighted by molar-refractivity contribution is 0.222. The number of halogens is 1. The average Bonchev–Trinajstić information content (AvgIpc) is 2.38. The maximum Gasteiger partial charge on any atom is 0.133 e. The van der Waals surface area contributed by atoms with E-state index in [9.17, 15) is 0 Å². The smallest absolute Gasteiger partial charge is 0.133 e. The molecule has 1 aromatic rings. The highest BCUT2D eigenvalue weighted by Gasteiger charge is 2.29. The Morgan fingerprint density at radius 1 is 1.40 bits per heavy atom. The molecule has 0 bridgehead atoms. The van der Waals surface area contributed by atoms with Crippen LogP contribution in [0.4, 0.5) is 5.82 Å². The number of hydrogen-bond acceptors (Lipinski definition) is 3. The summed E-state index contributed by atoms with van der Waals surface area (Å²) in [6.07, 6.45) is 7.04. The first-order chi connectivity index (χ1) is 9.43. The molecule has 1 fully saturated rings. The predicted molar refractivity (Wildman–Crippen MR) is 89.1 cm³/mol. The molecular formula is C16H26BrN3. The van der Waals surface area contributed by atoms with E-state index in [0.717, 1.165) is 16.8 Å². The van der Waals surface area contributed by atoms with Crippen molar-refractivity contribution in [3.63, 3.8) is 0 Å². The second kappa shape index (κ2) is 6.44. The summed E-state index contributed by atoms with van der Waals surface area (Å²) in [5.74, 6) is 1.12. The number of nitrogens with zero attached hydrogens (tertiary/aromatic N) is 2. The summed E-state index contributed by atoms with van der Waals surface area (Å²) in [5, 5.41) is 3.23. The topological polar surface area (TPSA) is 28.2 Å². The lowest BCUT2D eigenvalue weighted by Gasteiger charge is -2.39. The van der Waals surface area contributed by atoms with Crippen molar-refractivity contribution < 1.29 is 0 Å². The molecule has 0 amide bonds. The third-order valence-corrected chi connectivity index (χ3v) is 4.90. The van der Waals surface area contributed by atoms with Crippen molar-refractivity contribution in [2.24, 2.45) is 5.41 Å². The quantitative estimate of drug-likeness (QED) is 0.899. The summed E-state index contributed by atoms with van der Waals surface area (Å²) in [5.41, 5.74) is 1.77. The molecule has 0 aliphatic heterocycles. The van der Waals surface area contributed by atoms with Gasteiger partial charge in [0.25, 0.3) is 0 Å². The molecule has 2 rings (SSSR count). The highest BCUT2D eigenvalue weighted by molar-refractivity contribution is 9.10. The number of rotatable bonds is 4. The van der Waals surface area contributed by atoms with Gasteiger partial charge in [0.15, 0.2) is 0 Å². The summed E-state index contributed by atoms with van der Waals surface area (Å²) in [7, 11) is 4.17. The van der Waals surface area contributed by atoms with E-state index in [2.05, 4.69) is 58.1 Å². The highest BCUT2D eigenvalue weighted by Crippen LogP contribution is 2.38. The van der Waals surface area contributed by atoms with E-state index in [-0.39, 0.29) is 0 Å². The van der Waals surface area contributed by atoms with Crippen LogP contribution in [0.15, 0.2) is 16.7 Å². The summed E-state index contributed by atoms with van der Waals surface area (Å²) in [6, 6.07) is 2.79. The molecule has 20 heavy (non-hydrogen) atoms. The monoisotopic (exact) mass is 339 g/mol. The van der Waals surface area contributed by atoms with Crippen LogP contribution in [0.1, 0.15) is 45.1 Å². The third-order valence-electron chi connectivity index (χ3n) is 4.47. The van der Waals surface area contributed by atoms with Crippen molar-refractivity contribution in [2.75, 3.05) is 19.0 Å². The van der Waals surface area contributed by atoms with Gasteiger partial charge in [-0.2, -0.15) is 0 Å². The Morgan fingerprint density at radius 2 is 2.05 bits per heavy atom. The van der Waals surface area contributed by atoms with Crippen molar-refractivity contribution >= 4 is 21.7 Å². The van der Waals surface area contributed by atoms with Crippen LogP contribution in [-0.2, 0) is 6.54 Å². The highest BCUT2D eigenvalue weighted by atomic mass is 79.9. The first-order valence-corrected chi connectivity index (χ1v) is 8.24. The lowest BCUT2D eigenvalue weighted by atomic mass is 9.75. The van der Waals surface area contributed by atoms with Crippen molar-refractivity contribution in [3.05, 3.63) is 22.3 Å². The zero-order chi connectivity index (χ0) is 14.8. The predicted octanol–water partition coefficient (Wildman–Crippen LogP) is 3.97. The molecule has 1 aliphatic carbocycles. The summed E-state index contributed by atoms with van der Waals surface area (Å²) in [6.45, 7) is 5.62. The van der Waals surface area contributed by atoms with Gasteiger partial charge in [0.05, 0.1) is 0 Å². The fourth-order valence-corrected chi connectivity index (χ4v) is 3.44. The maximum absolute atomic E-state index is 4.65. The zero-order valence-corrected chi connectivity index (χ0v) is 14.6. The van der Waals surface area contributed by atoms with Crippen LogP contribution in [-0.4, -0.2) is 25.1 Å². The molecule has 3 nitrogen and oxygen atoms in total. The molecule has 4 heteroatoms. The number of aromatic nitrogens is 1. The van der Waals surface area contributed by atoms with Gasteiger partial charge in [-0.05, 0) is 60.1 Å². The van der Waals surface area contributed by atoms with Gasteiger partial charge >= 0.3 is 0 Å². The minimum atomic E-state index is 0.512. The number of nitrogens with one attached hydrogen (secondary N) is 1. The minimum absolute atomic E-state index is 0.512. The standard InChI is InChI=1S/C16H26BrN3/c1-16(2)7-5-14(6-8-16)20(4)15-12(10-18-3)9-13(17)11-19-15/h9,11,14,18H,5-8,10H2,1-4H3. The Labute approximate surface area is 131 Å². The summed E-state index contributed by atoms with van der Waals surface area (Å²) < 4.78 is 1.05. The third kappa shape index (κ3) is 3.73. The van der Waals surface area contributed by atoms with Crippen molar-refractivity contribution in [3.8, 4) is 0 Å². The van der Waals surface area contributed by atoms with E-state index < -0.39 is 0 Å². The van der Waals surface area contributed by atoms with Crippen molar-refractivity contribution in [2.45, 2.75) is 52.1 Å². The first-order valence-electron chi connectivity index (χ1n) is 7.45. The van der Waals surface area contributed by atoms with Gasteiger partial charge in [0.2, 0.25) is 0 Å². The largest absolute Gasteiger partial charge is 0.356 e. The maximum atomic E-state index is 4.65. The first kappa shape index (κ1) is 15.8. The van der Waals surface area contributed by atoms with Crippen LogP contribution in [0.2, 0.25) is 0 Å². The molecule has 0 unspecified atom stereocenters. The van der Waals surface area contributed by atoms with Gasteiger partial charge in [-0.3, -0.25) is 0 Å². The molecule has 0 atom stereocenters. The Hall–Kier alpha value is -0.610. The molecule has 112 valence electrons. The zero-order valence-electron chi connectivity index (χ0n) is 13.0. The lowest BCUT2D eigenvalue weighted by Crippen LogP contribution is -2.38. The fraction of sp³-hybridized carbons (Fsp3) is 0.688. The van der Waals surface area contributed by atoms with Crippen LogP contribution in [0.3, 0.4) is 0 Å². The minimum Gasteiger partial charge on any atom is -0.356 e. The summed E-state index contributed by atoms with van der Waals surface area (Å²) in [4.78, 5) is 7.03. The van der Waals surface area contributed by atoms with Crippen LogP contribution < -0.4 is 10.2 Å². The van der Waals surface area contributed by atoms with E-state index in [1.54, 1.807) is 0 Å². The molecule has 0 radical (unpaired) electrons. The van der Waals surface area contributed by atoms with Gasteiger partial charge in [0.1, 0.15) is 5.82 Å².